The monoisotopic (exact) mass is 310 g/mol. The van der Waals surface area contributed by atoms with Crippen LogP contribution in [0.2, 0.25) is 0 Å². The Morgan fingerprint density at radius 2 is 1.90 bits per heavy atom. The Balaban J connectivity index is 3.04. The van der Waals surface area contributed by atoms with E-state index in [1.807, 2.05) is 0 Å². The number of sulfonamides is 1. The molecule has 8 heteroatoms. The van der Waals surface area contributed by atoms with Gasteiger partial charge in [0.2, 0.25) is 10.0 Å². The van der Waals surface area contributed by atoms with E-state index in [4.69, 9.17) is 5.73 Å². The predicted octanol–water partition coefficient (Wildman–Crippen LogP) is 2.03. The zero-order valence-electron chi connectivity index (χ0n) is 11.2. The van der Waals surface area contributed by atoms with Gasteiger partial charge < -0.3 is 5.73 Å². The second-order valence-corrected chi connectivity index (χ2v) is 6.51. The molecule has 0 amide bonds. The number of aryl methyl sites for hydroxylation is 1. The van der Waals surface area contributed by atoms with Crippen LogP contribution in [0.3, 0.4) is 0 Å². The molecule has 0 fully saturated rings. The van der Waals surface area contributed by atoms with Crippen LogP contribution in [0.25, 0.3) is 0 Å². The molecule has 0 aliphatic rings. The van der Waals surface area contributed by atoms with E-state index in [1.54, 1.807) is 19.1 Å². The Bertz CT molecular complexity index is 571. The lowest BCUT2D eigenvalue weighted by Gasteiger charge is -2.19. The summed E-state index contributed by atoms with van der Waals surface area (Å²) in [7, 11) is -2.81. The summed E-state index contributed by atoms with van der Waals surface area (Å²) >= 11 is 0. The predicted molar refractivity (Wildman–Crippen MR) is 69.6 cm³/mol. The van der Waals surface area contributed by atoms with Gasteiger partial charge in [0.1, 0.15) is 0 Å². The molecule has 114 valence electrons. The van der Waals surface area contributed by atoms with Crippen molar-refractivity contribution < 1.29 is 21.6 Å². The van der Waals surface area contributed by atoms with Crippen molar-refractivity contribution >= 4 is 10.0 Å². The first-order valence-electron chi connectivity index (χ1n) is 5.90. The van der Waals surface area contributed by atoms with E-state index in [9.17, 15) is 21.6 Å². The molecule has 0 atom stereocenters. The first-order chi connectivity index (χ1) is 9.08. The van der Waals surface area contributed by atoms with E-state index in [0.717, 1.165) is 7.05 Å². The minimum absolute atomic E-state index is 0.00914. The summed E-state index contributed by atoms with van der Waals surface area (Å²) in [4.78, 5) is -0.00914. The Morgan fingerprint density at radius 1 is 1.30 bits per heavy atom. The summed E-state index contributed by atoms with van der Waals surface area (Å²) in [5.74, 6) is 0. The second-order valence-electron chi connectivity index (χ2n) is 4.50. The molecule has 1 rings (SSSR count). The number of benzene rings is 1. The van der Waals surface area contributed by atoms with Gasteiger partial charge in [-0.15, -0.1) is 0 Å². The fourth-order valence-electron chi connectivity index (χ4n) is 1.62. The molecule has 0 aliphatic carbocycles. The molecule has 0 bridgehead atoms. The number of hydrogen-bond donors (Lipinski definition) is 1. The average Bonchev–Trinajstić information content (AvgIpc) is 2.35. The van der Waals surface area contributed by atoms with Gasteiger partial charge >= 0.3 is 6.18 Å². The van der Waals surface area contributed by atoms with Crippen molar-refractivity contribution in [2.24, 2.45) is 5.73 Å². The maximum atomic E-state index is 12.3. The third kappa shape index (κ3) is 4.19. The molecule has 1 aromatic rings. The molecular formula is C12H17F3N2O2S. The minimum atomic E-state index is -4.39. The summed E-state index contributed by atoms with van der Waals surface area (Å²) in [6, 6.07) is 4.67. The molecule has 0 aromatic heterocycles. The average molecular weight is 310 g/mol. The molecule has 4 nitrogen and oxygen atoms in total. The Morgan fingerprint density at radius 3 is 2.40 bits per heavy atom. The lowest BCUT2D eigenvalue weighted by molar-refractivity contribution is -0.135. The quantitative estimate of drug-likeness (QED) is 0.905. The van der Waals surface area contributed by atoms with Crippen LogP contribution < -0.4 is 5.73 Å². The van der Waals surface area contributed by atoms with Crippen molar-refractivity contribution in [1.82, 2.24) is 4.31 Å². The third-order valence-corrected chi connectivity index (χ3v) is 4.89. The smallest absolute Gasteiger partial charge is 0.326 e. The van der Waals surface area contributed by atoms with Crippen LogP contribution >= 0.6 is 0 Å². The minimum Gasteiger partial charge on any atom is -0.326 e. The van der Waals surface area contributed by atoms with Gasteiger partial charge in [0, 0.05) is 20.1 Å². The van der Waals surface area contributed by atoms with Gasteiger partial charge in [-0.2, -0.15) is 13.2 Å². The Labute approximate surface area is 116 Å². The largest absolute Gasteiger partial charge is 0.390 e. The summed E-state index contributed by atoms with van der Waals surface area (Å²) in [5.41, 5.74) is 6.53. The van der Waals surface area contributed by atoms with E-state index in [1.165, 1.54) is 6.07 Å². The molecule has 1 aromatic carbocycles. The highest BCUT2D eigenvalue weighted by Gasteiger charge is 2.31. The molecule has 0 radical (unpaired) electrons. The standard InChI is InChI=1S/C12H17F3N2O2S/c1-9-3-4-10(8-16)7-11(9)20(18,19)17(2)6-5-12(13,14)15/h3-4,7H,5-6,8,16H2,1-2H3. The van der Waals surface area contributed by atoms with Crippen LogP contribution in [0.4, 0.5) is 13.2 Å². The lowest BCUT2D eigenvalue weighted by atomic mass is 10.1. The topological polar surface area (TPSA) is 63.4 Å². The van der Waals surface area contributed by atoms with Gasteiger partial charge in [0.25, 0.3) is 0 Å². The molecule has 0 heterocycles. The molecule has 0 unspecified atom stereocenters. The van der Waals surface area contributed by atoms with Gasteiger partial charge in [0.15, 0.2) is 0 Å². The third-order valence-electron chi connectivity index (χ3n) is 2.89. The maximum Gasteiger partial charge on any atom is 0.390 e. The van der Waals surface area contributed by atoms with E-state index in [-0.39, 0.29) is 11.4 Å². The van der Waals surface area contributed by atoms with E-state index < -0.39 is 29.2 Å². The van der Waals surface area contributed by atoms with Crippen molar-refractivity contribution in [3.05, 3.63) is 29.3 Å². The maximum absolute atomic E-state index is 12.3. The Hall–Kier alpha value is -1.12. The molecule has 0 aliphatic heterocycles. The molecule has 0 saturated carbocycles. The van der Waals surface area contributed by atoms with Crippen molar-refractivity contribution in [1.29, 1.82) is 0 Å². The van der Waals surface area contributed by atoms with E-state index in [2.05, 4.69) is 0 Å². The Kier molecular flexibility index (Phi) is 5.17. The lowest BCUT2D eigenvalue weighted by Crippen LogP contribution is -2.31. The van der Waals surface area contributed by atoms with Crippen LogP contribution in [-0.2, 0) is 16.6 Å². The first kappa shape index (κ1) is 16.9. The zero-order valence-corrected chi connectivity index (χ0v) is 12.1. The van der Waals surface area contributed by atoms with Crippen LogP contribution in [-0.4, -0.2) is 32.5 Å². The first-order valence-corrected chi connectivity index (χ1v) is 7.34. The van der Waals surface area contributed by atoms with Gasteiger partial charge in [0.05, 0.1) is 11.3 Å². The van der Waals surface area contributed by atoms with Crippen molar-refractivity contribution in [3.63, 3.8) is 0 Å². The molecule has 0 spiro atoms. The fourth-order valence-corrected chi connectivity index (χ4v) is 3.06. The number of rotatable bonds is 5. The highest BCUT2D eigenvalue weighted by molar-refractivity contribution is 7.89. The van der Waals surface area contributed by atoms with E-state index in [0.29, 0.717) is 15.4 Å². The van der Waals surface area contributed by atoms with Crippen LogP contribution in [0.5, 0.6) is 0 Å². The number of halogens is 3. The SMILES string of the molecule is Cc1ccc(CN)cc1S(=O)(=O)N(C)CCC(F)(F)F. The summed E-state index contributed by atoms with van der Waals surface area (Å²) in [6.07, 6.45) is -5.57. The highest BCUT2D eigenvalue weighted by atomic mass is 32.2. The van der Waals surface area contributed by atoms with Crippen molar-refractivity contribution in [2.45, 2.75) is 31.0 Å². The normalized spacial score (nSPS) is 12.9. The molecule has 20 heavy (non-hydrogen) atoms. The molecule has 0 saturated heterocycles. The molecule has 2 N–H and O–H groups in total. The van der Waals surface area contributed by atoms with Crippen LogP contribution in [0.1, 0.15) is 17.5 Å². The van der Waals surface area contributed by atoms with Gasteiger partial charge in [-0.25, -0.2) is 12.7 Å². The van der Waals surface area contributed by atoms with Crippen LogP contribution in [0, 0.1) is 6.92 Å². The highest BCUT2D eigenvalue weighted by Crippen LogP contribution is 2.24. The van der Waals surface area contributed by atoms with Gasteiger partial charge in [-0.3, -0.25) is 0 Å². The number of nitrogens with zero attached hydrogens (tertiary/aromatic N) is 1. The van der Waals surface area contributed by atoms with Crippen LogP contribution in [0.15, 0.2) is 23.1 Å². The second kappa shape index (κ2) is 6.11. The number of alkyl halides is 3. The van der Waals surface area contributed by atoms with Gasteiger partial charge in [-0.05, 0) is 24.1 Å². The zero-order chi connectivity index (χ0) is 15.6. The summed E-state index contributed by atoms with van der Waals surface area (Å²) < 4.78 is 61.7. The molecular weight excluding hydrogens is 293 g/mol. The summed E-state index contributed by atoms with van der Waals surface area (Å²) in [6.45, 7) is 1.14. The summed E-state index contributed by atoms with van der Waals surface area (Å²) in [5, 5.41) is 0. The van der Waals surface area contributed by atoms with Gasteiger partial charge in [-0.1, -0.05) is 12.1 Å². The van der Waals surface area contributed by atoms with Crippen molar-refractivity contribution in [2.75, 3.05) is 13.6 Å². The fraction of sp³-hybridized carbons (Fsp3) is 0.500. The van der Waals surface area contributed by atoms with E-state index >= 15 is 0 Å². The number of hydrogen-bond acceptors (Lipinski definition) is 3. The van der Waals surface area contributed by atoms with Crippen molar-refractivity contribution in [3.8, 4) is 0 Å². The number of nitrogens with two attached hydrogens (primary N) is 1.